The summed E-state index contributed by atoms with van der Waals surface area (Å²) in [5.41, 5.74) is 18.3. The standard InChI is InChI=1S/C28H19N.C13H13N3.C12H13N/c1-3-9-19(10-4-1)21-15-16-24-26(17-21)29-27-18-25(20-11-5-2-6-12-20)22-13-7-8-14-23(22)28(24)27;14-13(16-15)12-8-6-11(7-9-12)10-4-2-1-3-5-10;1-2-6-12(10-13)9-11-7-4-3-5-8-11/h1-18,29H;1-9H,15H2,(H2,14,16);2-8,10,13H,1,9H2/b;;12-6-,13-10?. The first-order chi connectivity index (χ1) is 28.6. The molecule has 0 saturated heterocycles. The van der Waals surface area contributed by atoms with Gasteiger partial charge in [0.2, 0.25) is 0 Å². The van der Waals surface area contributed by atoms with E-state index in [-0.39, 0.29) is 0 Å². The maximum atomic E-state index is 7.17. The fourth-order valence-electron chi connectivity index (χ4n) is 7.12. The molecule has 5 heteroatoms. The molecular weight excluding hydrogens is 707 g/mol. The molecule has 0 aliphatic rings. The van der Waals surface area contributed by atoms with Gasteiger partial charge in [0.1, 0.15) is 5.84 Å². The van der Waals surface area contributed by atoms with Gasteiger partial charge in [-0.15, -0.1) is 0 Å². The van der Waals surface area contributed by atoms with Crippen LogP contribution in [0.25, 0.3) is 66.0 Å². The van der Waals surface area contributed by atoms with Crippen molar-refractivity contribution < 1.29 is 0 Å². The number of hydrogen-bond donors (Lipinski definition) is 4. The molecule has 0 spiro atoms. The first-order valence-electron chi connectivity index (χ1n) is 19.2. The quantitative estimate of drug-likeness (QED) is 0.0408. The Kier molecular flexibility index (Phi) is 12.4. The highest BCUT2D eigenvalue weighted by Crippen LogP contribution is 2.39. The van der Waals surface area contributed by atoms with Crippen LogP contribution < -0.4 is 11.6 Å². The average molecular weight is 752 g/mol. The van der Waals surface area contributed by atoms with Gasteiger partial charge in [-0.25, -0.2) is 0 Å². The third-order valence-corrected chi connectivity index (χ3v) is 9.99. The van der Waals surface area contributed by atoms with Crippen molar-refractivity contribution in [3.05, 3.63) is 230 Å². The lowest BCUT2D eigenvalue weighted by molar-refractivity contribution is 1.22. The lowest BCUT2D eigenvalue weighted by Crippen LogP contribution is -2.15. The molecule has 6 N–H and O–H groups in total. The number of nitrogens with one attached hydrogen (secondary N) is 2. The summed E-state index contributed by atoms with van der Waals surface area (Å²) in [6.07, 6.45) is 5.74. The number of benzene rings is 8. The Morgan fingerprint density at radius 3 is 1.66 bits per heavy atom. The number of hydrogen-bond acceptors (Lipinski definition) is 3. The van der Waals surface area contributed by atoms with Crippen molar-refractivity contribution in [2.75, 3.05) is 0 Å². The van der Waals surface area contributed by atoms with E-state index in [0.29, 0.717) is 5.84 Å². The molecule has 1 aromatic heterocycles. The minimum absolute atomic E-state index is 0.347. The predicted octanol–water partition coefficient (Wildman–Crippen LogP) is 12.7. The summed E-state index contributed by atoms with van der Waals surface area (Å²) < 4.78 is 0. The lowest BCUT2D eigenvalue weighted by atomic mass is 9.94. The van der Waals surface area contributed by atoms with Crippen LogP contribution in [-0.4, -0.2) is 17.0 Å². The highest BCUT2D eigenvalue weighted by molar-refractivity contribution is 6.23. The smallest absolute Gasteiger partial charge is 0.150 e. The van der Waals surface area contributed by atoms with Crippen molar-refractivity contribution in [3.63, 3.8) is 0 Å². The molecule has 282 valence electrons. The number of H-pyrrole nitrogens is 1. The Morgan fingerprint density at radius 1 is 0.552 bits per heavy atom. The van der Waals surface area contributed by atoms with Crippen LogP contribution in [0.5, 0.6) is 0 Å². The first-order valence-corrected chi connectivity index (χ1v) is 19.2. The third kappa shape index (κ3) is 9.02. The Morgan fingerprint density at radius 2 is 1.07 bits per heavy atom. The molecule has 0 bridgehead atoms. The topological polar surface area (TPSA) is 104 Å². The maximum Gasteiger partial charge on any atom is 0.150 e. The van der Waals surface area contributed by atoms with Gasteiger partial charge in [0, 0.05) is 33.6 Å². The van der Waals surface area contributed by atoms with E-state index in [1.807, 2.05) is 66.7 Å². The Balaban J connectivity index is 0.000000149. The number of aromatic nitrogens is 1. The normalized spacial score (nSPS) is 11.3. The molecule has 0 saturated carbocycles. The molecule has 1 heterocycles. The summed E-state index contributed by atoms with van der Waals surface area (Å²) in [5.74, 6) is 5.46. The summed E-state index contributed by atoms with van der Waals surface area (Å²) in [4.78, 5) is 3.69. The number of nitrogens with zero attached hydrogens (tertiary/aromatic N) is 1. The van der Waals surface area contributed by atoms with Crippen LogP contribution in [0.3, 0.4) is 0 Å². The van der Waals surface area contributed by atoms with Crippen LogP contribution in [0, 0.1) is 5.41 Å². The molecule has 5 nitrogen and oxygen atoms in total. The van der Waals surface area contributed by atoms with Gasteiger partial charge in [0.15, 0.2) is 0 Å². The number of rotatable bonds is 8. The van der Waals surface area contributed by atoms with Crippen LogP contribution >= 0.6 is 0 Å². The van der Waals surface area contributed by atoms with Gasteiger partial charge in [-0.2, -0.15) is 5.10 Å². The molecule has 8 aromatic carbocycles. The van der Waals surface area contributed by atoms with Gasteiger partial charge < -0.3 is 22.0 Å². The highest BCUT2D eigenvalue weighted by atomic mass is 15.1. The average Bonchev–Trinajstić information content (AvgIpc) is 3.68. The first kappa shape index (κ1) is 38.5. The zero-order valence-electron chi connectivity index (χ0n) is 32.2. The van der Waals surface area contributed by atoms with E-state index < -0.39 is 0 Å². The number of fused-ring (bicyclic) bond motifs is 5. The van der Waals surface area contributed by atoms with Crippen LogP contribution in [0.1, 0.15) is 11.1 Å². The molecule has 0 fully saturated rings. The van der Waals surface area contributed by atoms with Crippen LogP contribution in [0.4, 0.5) is 0 Å². The molecule has 0 atom stereocenters. The number of nitrogens with two attached hydrogens (primary N) is 2. The Hall–Kier alpha value is -7.76. The monoisotopic (exact) mass is 751 g/mol. The van der Waals surface area contributed by atoms with E-state index in [9.17, 15) is 0 Å². The summed E-state index contributed by atoms with van der Waals surface area (Å²) in [7, 11) is 0. The summed E-state index contributed by atoms with van der Waals surface area (Å²) in [6, 6.07) is 67.1. The molecule has 0 aliphatic heterocycles. The second-order valence-electron chi connectivity index (χ2n) is 13.8. The zero-order chi connectivity index (χ0) is 40.1. The summed E-state index contributed by atoms with van der Waals surface area (Å²) in [5, 5.41) is 15.8. The van der Waals surface area contributed by atoms with Crippen molar-refractivity contribution in [1.82, 2.24) is 4.98 Å². The molecule has 9 aromatic rings. The Labute approximate surface area is 339 Å². The van der Waals surface area contributed by atoms with Crippen molar-refractivity contribution in [1.29, 1.82) is 5.41 Å². The van der Waals surface area contributed by atoms with Crippen LogP contribution in [0.15, 0.2) is 224 Å². The van der Waals surface area contributed by atoms with Crippen molar-refractivity contribution in [2.24, 2.45) is 16.7 Å². The minimum atomic E-state index is 0.347. The van der Waals surface area contributed by atoms with E-state index >= 15 is 0 Å². The number of amidine groups is 1. The predicted molar refractivity (Wildman–Crippen MR) is 248 cm³/mol. The number of hydrazone groups is 1. The Bertz CT molecular complexity index is 2820. The SMILES string of the molecule is C=C/C=C(\C=N)Cc1ccccc1.N/N=C(\N)c1ccc(-c2ccccc2)cc1.c1ccc(-c2ccc3c(c2)[nH]c2cc(-c4ccccc4)c4ccccc4c23)cc1. The number of aromatic amines is 1. The lowest BCUT2D eigenvalue weighted by Gasteiger charge is -2.09. The fraction of sp³-hybridized carbons (Fsp3) is 0.0189. The largest absolute Gasteiger partial charge is 0.382 e. The van der Waals surface area contributed by atoms with E-state index in [1.165, 1.54) is 72.2 Å². The number of allylic oxidation sites excluding steroid dienone is 3. The molecule has 9 rings (SSSR count). The van der Waals surface area contributed by atoms with Crippen LogP contribution in [0.2, 0.25) is 0 Å². The minimum Gasteiger partial charge on any atom is -0.382 e. The fourth-order valence-corrected chi connectivity index (χ4v) is 7.12. The van der Waals surface area contributed by atoms with Gasteiger partial charge >= 0.3 is 0 Å². The molecule has 0 amide bonds. The maximum absolute atomic E-state index is 7.17. The van der Waals surface area contributed by atoms with Gasteiger partial charge in [0.05, 0.1) is 0 Å². The van der Waals surface area contributed by atoms with E-state index in [0.717, 1.165) is 23.1 Å². The van der Waals surface area contributed by atoms with Gasteiger partial charge in [-0.05, 0) is 73.8 Å². The molecule has 58 heavy (non-hydrogen) atoms. The molecule has 0 unspecified atom stereocenters. The third-order valence-electron chi connectivity index (χ3n) is 9.99. The zero-order valence-corrected chi connectivity index (χ0v) is 32.2. The van der Waals surface area contributed by atoms with E-state index in [1.54, 1.807) is 6.08 Å². The van der Waals surface area contributed by atoms with E-state index in [4.69, 9.17) is 17.0 Å². The van der Waals surface area contributed by atoms with Gasteiger partial charge in [-0.3, -0.25) is 0 Å². The molecule has 0 radical (unpaired) electrons. The summed E-state index contributed by atoms with van der Waals surface area (Å²) in [6.45, 7) is 3.61. The second-order valence-corrected chi connectivity index (χ2v) is 13.8. The van der Waals surface area contributed by atoms with E-state index in [2.05, 4.69) is 150 Å². The second kappa shape index (κ2) is 18.7. The molecule has 0 aliphatic carbocycles. The van der Waals surface area contributed by atoms with Crippen molar-refractivity contribution >= 4 is 44.6 Å². The van der Waals surface area contributed by atoms with Gasteiger partial charge in [0.25, 0.3) is 0 Å². The van der Waals surface area contributed by atoms with Crippen LogP contribution in [-0.2, 0) is 6.42 Å². The van der Waals surface area contributed by atoms with Crippen molar-refractivity contribution in [2.45, 2.75) is 6.42 Å². The highest BCUT2D eigenvalue weighted by Gasteiger charge is 2.13. The van der Waals surface area contributed by atoms with Crippen molar-refractivity contribution in [3.8, 4) is 33.4 Å². The summed E-state index contributed by atoms with van der Waals surface area (Å²) >= 11 is 0. The molecular formula is C53H45N5. The van der Waals surface area contributed by atoms with Gasteiger partial charge in [-0.1, -0.05) is 201 Å².